The van der Waals surface area contributed by atoms with E-state index in [1.165, 1.54) is 18.3 Å². The molecule has 0 saturated carbocycles. The normalized spacial score (nSPS) is 11.1. The molecule has 0 bridgehead atoms. The van der Waals surface area contributed by atoms with Gasteiger partial charge in [0.2, 0.25) is 0 Å². The Hall–Kier alpha value is -2.44. The van der Waals surface area contributed by atoms with Gasteiger partial charge in [0, 0.05) is 17.3 Å². The lowest BCUT2D eigenvalue weighted by atomic mass is 10.1. The third-order valence-corrected chi connectivity index (χ3v) is 3.48. The van der Waals surface area contributed by atoms with Crippen molar-refractivity contribution in [3.8, 4) is 11.3 Å². The van der Waals surface area contributed by atoms with Crippen molar-refractivity contribution in [1.29, 1.82) is 0 Å². The van der Waals surface area contributed by atoms with Crippen LogP contribution in [-0.2, 0) is 0 Å². The Labute approximate surface area is 141 Å². The number of nitrogens with one attached hydrogen (secondary N) is 2. The van der Waals surface area contributed by atoms with Gasteiger partial charge in [-0.15, -0.1) is 0 Å². The first-order valence-corrected chi connectivity index (χ1v) is 7.28. The molecular formula is C15H10Cl2FN5. The molecule has 0 aliphatic carbocycles. The number of nitrogens with zero attached hydrogens (tertiary/aromatic N) is 3. The van der Waals surface area contributed by atoms with Crippen molar-refractivity contribution in [1.82, 2.24) is 15.2 Å². The Morgan fingerprint density at radius 3 is 2.70 bits per heavy atom. The Morgan fingerprint density at radius 1 is 1.17 bits per heavy atom. The van der Waals surface area contributed by atoms with Gasteiger partial charge in [0.1, 0.15) is 5.82 Å². The first kappa shape index (κ1) is 15.5. The summed E-state index contributed by atoms with van der Waals surface area (Å²) in [4.78, 5) is 4.03. The standard InChI is InChI=1S/C15H10Cl2FN5/c16-11-5-13(17)15(19-8-11)23-21-7-10-6-20-22-14(10)9-1-3-12(18)4-2-9/h1-8H,(H,19,23)(H,20,22)/b21-7-. The summed E-state index contributed by atoms with van der Waals surface area (Å²) < 4.78 is 13.0. The van der Waals surface area contributed by atoms with Crippen molar-refractivity contribution in [2.75, 3.05) is 5.43 Å². The van der Waals surface area contributed by atoms with Crippen molar-refractivity contribution >= 4 is 35.2 Å². The van der Waals surface area contributed by atoms with Crippen LogP contribution in [0.4, 0.5) is 10.2 Å². The highest BCUT2D eigenvalue weighted by Gasteiger charge is 2.06. The fourth-order valence-corrected chi connectivity index (χ4v) is 2.32. The number of pyridine rings is 1. The van der Waals surface area contributed by atoms with E-state index in [1.54, 1.807) is 30.6 Å². The van der Waals surface area contributed by atoms with Crippen LogP contribution >= 0.6 is 23.2 Å². The largest absolute Gasteiger partial charge is 0.277 e. The first-order valence-electron chi connectivity index (χ1n) is 6.53. The summed E-state index contributed by atoms with van der Waals surface area (Å²) in [7, 11) is 0. The highest BCUT2D eigenvalue weighted by atomic mass is 35.5. The zero-order chi connectivity index (χ0) is 16.2. The average molecular weight is 350 g/mol. The van der Waals surface area contributed by atoms with Gasteiger partial charge in [0.15, 0.2) is 5.82 Å². The Balaban J connectivity index is 1.78. The zero-order valence-electron chi connectivity index (χ0n) is 11.6. The Bertz CT molecular complexity index is 845. The van der Waals surface area contributed by atoms with E-state index in [4.69, 9.17) is 23.2 Å². The summed E-state index contributed by atoms with van der Waals surface area (Å²) in [6.45, 7) is 0. The number of H-pyrrole nitrogens is 1. The molecule has 8 heteroatoms. The van der Waals surface area contributed by atoms with Crippen molar-refractivity contribution in [2.45, 2.75) is 0 Å². The summed E-state index contributed by atoms with van der Waals surface area (Å²) in [5.74, 6) is 0.0905. The molecule has 1 aromatic carbocycles. The third-order valence-electron chi connectivity index (χ3n) is 2.98. The molecule has 0 aliphatic heterocycles. The molecule has 116 valence electrons. The molecule has 0 amide bonds. The van der Waals surface area contributed by atoms with Gasteiger partial charge in [-0.25, -0.2) is 9.37 Å². The van der Waals surface area contributed by atoms with Crippen LogP contribution in [0.25, 0.3) is 11.3 Å². The summed E-state index contributed by atoms with van der Waals surface area (Å²) in [5, 5.41) is 11.7. The van der Waals surface area contributed by atoms with Crippen molar-refractivity contribution in [3.63, 3.8) is 0 Å². The van der Waals surface area contributed by atoms with E-state index in [1.807, 2.05) is 0 Å². The number of halogens is 3. The molecule has 23 heavy (non-hydrogen) atoms. The molecule has 2 N–H and O–H groups in total. The van der Waals surface area contributed by atoms with Gasteiger partial charge in [0.05, 0.1) is 28.2 Å². The topological polar surface area (TPSA) is 66.0 Å². The summed E-state index contributed by atoms with van der Waals surface area (Å²) in [6, 6.07) is 7.64. The van der Waals surface area contributed by atoms with Crippen molar-refractivity contribution < 1.29 is 4.39 Å². The minimum atomic E-state index is -0.298. The fourth-order valence-electron chi connectivity index (χ4n) is 1.90. The molecule has 0 aliphatic rings. The number of anilines is 1. The average Bonchev–Trinajstić information content (AvgIpc) is 2.99. The quantitative estimate of drug-likeness (QED) is 0.543. The number of benzene rings is 1. The van der Waals surface area contributed by atoms with Crippen LogP contribution in [0.5, 0.6) is 0 Å². The van der Waals surface area contributed by atoms with E-state index in [0.29, 0.717) is 15.9 Å². The zero-order valence-corrected chi connectivity index (χ0v) is 13.1. The third kappa shape index (κ3) is 3.67. The van der Waals surface area contributed by atoms with Gasteiger partial charge in [-0.1, -0.05) is 23.2 Å². The van der Waals surface area contributed by atoms with Crippen LogP contribution in [0.3, 0.4) is 0 Å². The molecule has 0 saturated heterocycles. The van der Waals surface area contributed by atoms with Crippen LogP contribution in [0, 0.1) is 5.82 Å². The molecule has 5 nitrogen and oxygen atoms in total. The van der Waals surface area contributed by atoms with Gasteiger partial charge >= 0.3 is 0 Å². The SMILES string of the molecule is Fc1ccc(-c2[nH]ncc2/C=N\Nc2ncc(Cl)cc2Cl)cc1. The van der Waals surface area contributed by atoms with E-state index in [2.05, 4.69) is 25.7 Å². The van der Waals surface area contributed by atoms with Crippen molar-refractivity contribution in [2.24, 2.45) is 5.10 Å². The summed E-state index contributed by atoms with van der Waals surface area (Å²) in [6.07, 6.45) is 4.64. The molecule has 0 spiro atoms. The number of rotatable bonds is 4. The number of aromatic amines is 1. The monoisotopic (exact) mass is 349 g/mol. The molecule has 3 rings (SSSR count). The predicted molar refractivity (Wildman–Crippen MR) is 89.5 cm³/mol. The predicted octanol–water partition coefficient (Wildman–Crippen LogP) is 4.36. The van der Waals surface area contributed by atoms with E-state index in [-0.39, 0.29) is 5.82 Å². The molecule has 0 fully saturated rings. The summed E-state index contributed by atoms with van der Waals surface area (Å²) >= 11 is 11.8. The second-order valence-corrected chi connectivity index (χ2v) is 5.40. The highest BCUT2D eigenvalue weighted by molar-refractivity contribution is 6.35. The van der Waals surface area contributed by atoms with E-state index < -0.39 is 0 Å². The lowest BCUT2D eigenvalue weighted by Crippen LogP contribution is -1.94. The first-order chi connectivity index (χ1) is 11.1. The Kier molecular flexibility index (Phi) is 4.55. The van der Waals surface area contributed by atoms with Gasteiger partial charge in [-0.2, -0.15) is 10.2 Å². The molecular weight excluding hydrogens is 340 g/mol. The maximum atomic E-state index is 13.0. The number of hydrogen-bond acceptors (Lipinski definition) is 4. The van der Waals surface area contributed by atoms with Gasteiger partial charge < -0.3 is 0 Å². The van der Waals surface area contributed by atoms with Gasteiger partial charge in [-0.05, 0) is 30.3 Å². The minimum absolute atomic E-state index is 0.298. The van der Waals surface area contributed by atoms with Crippen molar-refractivity contribution in [3.05, 3.63) is 64.2 Å². The van der Waals surface area contributed by atoms with Crippen LogP contribution in [-0.4, -0.2) is 21.4 Å². The molecule has 2 heterocycles. The highest BCUT2D eigenvalue weighted by Crippen LogP contribution is 2.23. The minimum Gasteiger partial charge on any atom is -0.277 e. The van der Waals surface area contributed by atoms with Gasteiger partial charge in [0.25, 0.3) is 0 Å². The van der Waals surface area contributed by atoms with Crippen LogP contribution in [0.15, 0.2) is 47.8 Å². The lowest BCUT2D eigenvalue weighted by molar-refractivity contribution is 0.628. The Morgan fingerprint density at radius 2 is 1.96 bits per heavy atom. The fraction of sp³-hybridized carbons (Fsp3) is 0. The lowest BCUT2D eigenvalue weighted by Gasteiger charge is -2.02. The second kappa shape index (κ2) is 6.76. The van der Waals surface area contributed by atoms with Crippen LogP contribution in [0.2, 0.25) is 10.0 Å². The van der Waals surface area contributed by atoms with E-state index >= 15 is 0 Å². The smallest absolute Gasteiger partial charge is 0.165 e. The van der Waals surface area contributed by atoms with Crippen LogP contribution in [0.1, 0.15) is 5.56 Å². The summed E-state index contributed by atoms with van der Waals surface area (Å²) in [5.41, 5.74) is 4.99. The molecule has 0 atom stereocenters. The second-order valence-electron chi connectivity index (χ2n) is 4.56. The van der Waals surface area contributed by atoms with Gasteiger partial charge in [-0.3, -0.25) is 10.5 Å². The number of hydrazone groups is 1. The molecule has 3 aromatic rings. The van der Waals surface area contributed by atoms with Crippen LogP contribution < -0.4 is 5.43 Å². The van der Waals surface area contributed by atoms with E-state index in [9.17, 15) is 4.39 Å². The maximum absolute atomic E-state index is 13.0. The molecule has 2 aromatic heterocycles. The molecule has 0 radical (unpaired) electrons. The maximum Gasteiger partial charge on any atom is 0.165 e. The number of aromatic nitrogens is 3. The number of hydrogen-bond donors (Lipinski definition) is 2. The molecule has 0 unspecified atom stereocenters. The van der Waals surface area contributed by atoms with E-state index in [0.717, 1.165) is 16.8 Å².